The van der Waals surface area contributed by atoms with Gasteiger partial charge in [-0.25, -0.2) is 4.68 Å². The fourth-order valence-corrected chi connectivity index (χ4v) is 1.66. The SMILES string of the molecule is Cl.NCC1COCC1n1cc(C(N)=O)nn1. The van der Waals surface area contributed by atoms with Crippen LogP contribution in [0, 0.1) is 5.92 Å². The van der Waals surface area contributed by atoms with Gasteiger partial charge in [-0.15, -0.1) is 17.5 Å². The van der Waals surface area contributed by atoms with E-state index >= 15 is 0 Å². The molecule has 2 rings (SSSR count). The number of ether oxygens (including phenoxy) is 1. The zero-order chi connectivity index (χ0) is 10.8. The molecule has 4 N–H and O–H groups in total. The quantitative estimate of drug-likeness (QED) is 0.708. The lowest BCUT2D eigenvalue weighted by Gasteiger charge is -2.14. The second kappa shape index (κ2) is 5.24. The highest BCUT2D eigenvalue weighted by Crippen LogP contribution is 2.23. The lowest BCUT2D eigenvalue weighted by Crippen LogP contribution is -2.25. The number of primary amides is 1. The van der Waals surface area contributed by atoms with Crippen LogP contribution in [0.2, 0.25) is 0 Å². The predicted octanol–water partition coefficient (Wildman–Crippen LogP) is -1.05. The molecule has 0 aromatic carbocycles. The molecular weight excluding hydrogens is 234 g/mol. The van der Waals surface area contributed by atoms with Gasteiger partial charge in [0.1, 0.15) is 0 Å². The van der Waals surface area contributed by atoms with Crippen molar-refractivity contribution < 1.29 is 9.53 Å². The number of halogens is 1. The van der Waals surface area contributed by atoms with Crippen LogP contribution in [-0.2, 0) is 4.74 Å². The highest BCUT2D eigenvalue weighted by molar-refractivity contribution is 5.90. The molecule has 16 heavy (non-hydrogen) atoms. The first-order valence-electron chi connectivity index (χ1n) is 4.72. The molecule has 1 fully saturated rings. The molecule has 0 saturated carbocycles. The molecule has 2 unspecified atom stereocenters. The monoisotopic (exact) mass is 247 g/mol. The van der Waals surface area contributed by atoms with Crippen molar-refractivity contribution in [1.29, 1.82) is 0 Å². The second-order valence-corrected chi connectivity index (χ2v) is 3.55. The zero-order valence-electron chi connectivity index (χ0n) is 8.57. The molecule has 1 aliphatic heterocycles. The second-order valence-electron chi connectivity index (χ2n) is 3.55. The lowest BCUT2D eigenvalue weighted by molar-refractivity contribution is 0.0995. The third-order valence-electron chi connectivity index (χ3n) is 2.57. The molecule has 7 nitrogen and oxygen atoms in total. The highest BCUT2D eigenvalue weighted by Gasteiger charge is 2.29. The molecule has 2 heterocycles. The molecule has 1 amide bonds. The molecular formula is C8H14ClN5O2. The van der Waals surface area contributed by atoms with E-state index in [9.17, 15) is 4.79 Å². The van der Waals surface area contributed by atoms with Crippen LogP contribution in [0.1, 0.15) is 16.5 Å². The van der Waals surface area contributed by atoms with Crippen molar-refractivity contribution in [3.05, 3.63) is 11.9 Å². The average Bonchev–Trinajstić information content (AvgIpc) is 2.85. The van der Waals surface area contributed by atoms with Crippen molar-refractivity contribution in [2.24, 2.45) is 17.4 Å². The van der Waals surface area contributed by atoms with Crippen molar-refractivity contribution in [2.75, 3.05) is 19.8 Å². The smallest absolute Gasteiger partial charge is 0.270 e. The van der Waals surface area contributed by atoms with Crippen LogP contribution in [0.4, 0.5) is 0 Å². The highest BCUT2D eigenvalue weighted by atomic mass is 35.5. The third kappa shape index (κ3) is 2.31. The number of carbonyl (C=O) groups excluding carboxylic acids is 1. The van der Waals surface area contributed by atoms with E-state index in [0.29, 0.717) is 19.8 Å². The first kappa shape index (κ1) is 12.9. The summed E-state index contributed by atoms with van der Waals surface area (Å²) in [6, 6.07) is 0.0515. The largest absolute Gasteiger partial charge is 0.379 e. The molecule has 0 radical (unpaired) electrons. The Hall–Kier alpha value is -1.18. The Morgan fingerprint density at radius 1 is 1.62 bits per heavy atom. The molecule has 0 aliphatic carbocycles. The summed E-state index contributed by atoms with van der Waals surface area (Å²) in [5, 5.41) is 7.52. The summed E-state index contributed by atoms with van der Waals surface area (Å²) < 4.78 is 6.90. The van der Waals surface area contributed by atoms with E-state index in [1.165, 1.54) is 6.20 Å². The van der Waals surface area contributed by atoms with Crippen LogP contribution in [-0.4, -0.2) is 40.7 Å². The Balaban J connectivity index is 0.00000128. The van der Waals surface area contributed by atoms with Crippen LogP contribution in [0.3, 0.4) is 0 Å². The summed E-state index contributed by atoms with van der Waals surface area (Å²) in [7, 11) is 0. The van der Waals surface area contributed by atoms with Gasteiger partial charge in [0, 0.05) is 5.92 Å². The summed E-state index contributed by atoms with van der Waals surface area (Å²) in [6.07, 6.45) is 1.53. The van der Waals surface area contributed by atoms with Gasteiger partial charge >= 0.3 is 0 Å². The Morgan fingerprint density at radius 3 is 2.94 bits per heavy atom. The van der Waals surface area contributed by atoms with Crippen LogP contribution in [0.15, 0.2) is 6.20 Å². The summed E-state index contributed by atoms with van der Waals surface area (Å²) in [5.41, 5.74) is 10.8. The molecule has 0 bridgehead atoms. The average molecular weight is 248 g/mol. The molecule has 2 atom stereocenters. The summed E-state index contributed by atoms with van der Waals surface area (Å²) in [4.78, 5) is 10.8. The Labute approximate surface area is 98.5 Å². The maximum Gasteiger partial charge on any atom is 0.270 e. The normalized spacial score (nSPS) is 24.1. The van der Waals surface area contributed by atoms with Crippen molar-refractivity contribution in [3.63, 3.8) is 0 Å². The number of hydrogen-bond acceptors (Lipinski definition) is 5. The van der Waals surface area contributed by atoms with Gasteiger partial charge in [-0.2, -0.15) is 0 Å². The van der Waals surface area contributed by atoms with Gasteiger partial charge in [-0.1, -0.05) is 5.21 Å². The zero-order valence-corrected chi connectivity index (χ0v) is 9.39. The molecule has 0 spiro atoms. The number of carbonyl (C=O) groups is 1. The number of nitrogens with zero attached hydrogens (tertiary/aromatic N) is 3. The minimum atomic E-state index is -0.579. The van der Waals surface area contributed by atoms with E-state index in [2.05, 4.69) is 10.3 Å². The maximum absolute atomic E-state index is 10.8. The van der Waals surface area contributed by atoms with Gasteiger partial charge in [0.25, 0.3) is 5.91 Å². The number of amides is 1. The molecule has 90 valence electrons. The minimum Gasteiger partial charge on any atom is -0.379 e. The van der Waals surface area contributed by atoms with E-state index in [-0.39, 0.29) is 30.1 Å². The maximum atomic E-state index is 10.8. The standard InChI is InChI=1S/C8H13N5O2.ClH/c9-1-5-3-15-4-7(5)13-2-6(8(10)14)11-12-13;/h2,5,7H,1,3-4,9H2,(H2,10,14);1H. The Morgan fingerprint density at radius 2 is 2.38 bits per heavy atom. The third-order valence-corrected chi connectivity index (χ3v) is 2.57. The van der Waals surface area contributed by atoms with Crippen molar-refractivity contribution in [2.45, 2.75) is 6.04 Å². The summed E-state index contributed by atoms with van der Waals surface area (Å²) in [5.74, 6) is -0.364. The molecule has 1 saturated heterocycles. The molecule has 1 aromatic rings. The van der Waals surface area contributed by atoms with Crippen LogP contribution < -0.4 is 11.5 Å². The minimum absolute atomic E-state index is 0. The van der Waals surface area contributed by atoms with Gasteiger partial charge in [0.05, 0.1) is 25.5 Å². The Bertz CT molecular complexity index is 369. The van der Waals surface area contributed by atoms with Crippen LogP contribution in [0.5, 0.6) is 0 Å². The molecule has 8 heteroatoms. The van der Waals surface area contributed by atoms with Crippen LogP contribution >= 0.6 is 12.4 Å². The van der Waals surface area contributed by atoms with Gasteiger partial charge in [-0.05, 0) is 6.54 Å². The van der Waals surface area contributed by atoms with Crippen molar-refractivity contribution >= 4 is 18.3 Å². The van der Waals surface area contributed by atoms with E-state index in [1.54, 1.807) is 4.68 Å². The van der Waals surface area contributed by atoms with Gasteiger partial charge in [0.2, 0.25) is 0 Å². The van der Waals surface area contributed by atoms with Crippen LogP contribution in [0.25, 0.3) is 0 Å². The number of nitrogens with two attached hydrogens (primary N) is 2. The lowest BCUT2D eigenvalue weighted by atomic mass is 10.0. The first-order valence-corrected chi connectivity index (χ1v) is 4.72. The summed E-state index contributed by atoms with van der Waals surface area (Å²) >= 11 is 0. The Kier molecular flexibility index (Phi) is 4.22. The molecule has 1 aliphatic rings. The molecule has 1 aromatic heterocycles. The van der Waals surface area contributed by atoms with Crippen molar-refractivity contribution in [3.8, 4) is 0 Å². The topological polar surface area (TPSA) is 109 Å². The van der Waals surface area contributed by atoms with E-state index < -0.39 is 5.91 Å². The fourth-order valence-electron chi connectivity index (χ4n) is 1.66. The first-order chi connectivity index (χ1) is 7.22. The van der Waals surface area contributed by atoms with Crippen molar-refractivity contribution in [1.82, 2.24) is 15.0 Å². The van der Waals surface area contributed by atoms with E-state index in [0.717, 1.165) is 0 Å². The van der Waals surface area contributed by atoms with Gasteiger partial charge in [-0.3, -0.25) is 4.79 Å². The van der Waals surface area contributed by atoms with Gasteiger partial charge < -0.3 is 16.2 Å². The number of hydrogen-bond donors (Lipinski definition) is 2. The van der Waals surface area contributed by atoms with Gasteiger partial charge in [0.15, 0.2) is 5.69 Å². The number of rotatable bonds is 3. The van der Waals surface area contributed by atoms with E-state index in [4.69, 9.17) is 16.2 Å². The summed E-state index contributed by atoms with van der Waals surface area (Å²) in [6.45, 7) is 1.69. The fraction of sp³-hybridized carbons (Fsp3) is 0.625. The van der Waals surface area contributed by atoms with E-state index in [1.807, 2.05) is 0 Å². The predicted molar refractivity (Wildman–Crippen MR) is 58.2 cm³/mol. The number of aromatic nitrogens is 3.